The molecule has 0 saturated heterocycles. The minimum absolute atomic E-state index is 0.0525. The van der Waals surface area contributed by atoms with Gasteiger partial charge in [-0.2, -0.15) is 0 Å². The number of nitrogens with one attached hydrogen (secondary N) is 1. The van der Waals surface area contributed by atoms with Crippen LogP contribution in [0.2, 0.25) is 5.02 Å². The number of thiophene rings is 1. The van der Waals surface area contributed by atoms with Gasteiger partial charge in [0.15, 0.2) is 0 Å². The first-order valence-corrected chi connectivity index (χ1v) is 8.38. The van der Waals surface area contributed by atoms with Crippen LogP contribution in [0.5, 0.6) is 0 Å². The second-order valence-corrected chi connectivity index (χ2v) is 7.64. The number of hydrogen-bond donors (Lipinski definition) is 1. The Hall–Kier alpha value is -2.05. The highest BCUT2D eigenvalue weighted by Gasteiger charge is 2.22. The fourth-order valence-electron chi connectivity index (χ4n) is 2.09. The highest BCUT2D eigenvalue weighted by Crippen LogP contribution is 2.40. The average Bonchev–Trinajstić information content (AvgIpc) is 2.75. The molecule has 2 rings (SSSR count). The summed E-state index contributed by atoms with van der Waals surface area (Å²) in [6, 6.07) is 7.01. The molecule has 1 amide bonds. The summed E-state index contributed by atoms with van der Waals surface area (Å²) < 4.78 is 5.19. The van der Waals surface area contributed by atoms with Gasteiger partial charge in [0, 0.05) is 9.90 Å². The van der Waals surface area contributed by atoms with E-state index in [-0.39, 0.29) is 10.6 Å². The molecule has 0 aliphatic rings. The Bertz CT molecular complexity index is 775. The number of benzene rings is 1. The topological polar surface area (TPSA) is 78.5 Å². The zero-order valence-corrected chi connectivity index (χ0v) is 15.3. The highest BCUT2D eigenvalue weighted by atomic mass is 35.5. The number of carbonyl (C=O) groups excluding carboxylic acids is 2. The molecule has 7 heteroatoms. The third-order valence-electron chi connectivity index (χ3n) is 3.06. The molecule has 0 bridgehead atoms. The maximum Gasteiger partial charge on any atom is 0.412 e. The Labute approximate surface area is 149 Å². The van der Waals surface area contributed by atoms with Gasteiger partial charge < -0.3 is 14.6 Å². The first kappa shape index (κ1) is 18.3. The van der Waals surface area contributed by atoms with Crippen molar-refractivity contribution in [1.29, 1.82) is 0 Å². The first-order valence-electron chi connectivity index (χ1n) is 7.19. The smallest absolute Gasteiger partial charge is 0.412 e. The van der Waals surface area contributed by atoms with Crippen LogP contribution in [0.3, 0.4) is 0 Å². The van der Waals surface area contributed by atoms with Crippen LogP contribution >= 0.6 is 22.9 Å². The number of carbonyl (C=O) groups is 2. The van der Waals surface area contributed by atoms with Gasteiger partial charge in [-0.3, -0.25) is 5.32 Å². The number of amides is 1. The monoisotopic (exact) mass is 366 g/mol. The lowest BCUT2D eigenvalue weighted by Gasteiger charge is -2.20. The van der Waals surface area contributed by atoms with Crippen molar-refractivity contribution < 1.29 is 19.4 Å². The summed E-state index contributed by atoms with van der Waals surface area (Å²) in [5.41, 5.74) is 0.947. The van der Waals surface area contributed by atoms with Crippen molar-refractivity contribution in [1.82, 2.24) is 0 Å². The Morgan fingerprint density at radius 2 is 1.79 bits per heavy atom. The van der Waals surface area contributed by atoms with Crippen LogP contribution in [0.4, 0.5) is 10.5 Å². The largest absolute Gasteiger partial charge is 0.544 e. The van der Waals surface area contributed by atoms with Crippen LogP contribution in [0.1, 0.15) is 36.0 Å². The molecule has 0 aliphatic heterocycles. The Kier molecular flexibility index (Phi) is 5.20. The molecule has 5 nitrogen and oxygen atoms in total. The second-order valence-electron chi connectivity index (χ2n) is 6.18. The predicted octanol–water partition coefficient (Wildman–Crippen LogP) is 4.09. The van der Waals surface area contributed by atoms with Crippen LogP contribution in [0.25, 0.3) is 10.4 Å². The van der Waals surface area contributed by atoms with E-state index in [4.69, 9.17) is 16.3 Å². The summed E-state index contributed by atoms with van der Waals surface area (Å²) in [6.07, 6.45) is -0.714. The van der Waals surface area contributed by atoms with Crippen LogP contribution < -0.4 is 10.4 Å². The fourth-order valence-corrected chi connectivity index (χ4v) is 3.32. The average molecular weight is 367 g/mol. The number of anilines is 1. The lowest BCUT2D eigenvalue weighted by molar-refractivity contribution is -0.254. The van der Waals surface area contributed by atoms with Gasteiger partial charge in [-0.05, 0) is 51.0 Å². The normalized spacial score (nSPS) is 11.2. The summed E-state index contributed by atoms with van der Waals surface area (Å²) >= 11 is 6.92. The third kappa shape index (κ3) is 4.27. The first-order chi connectivity index (χ1) is 11.1. The molecule has 1 heterocycles. The molecule has 0 spiro atoms. The van der Waals surface area contributed by atoms with E-state index in [0.717, 1.165) is 21.8 Å². The third-order valence-corrected chi connectivity index (χ3v) is 4.64. The number of ether oxygens (including phenoxy) is 1. The maximum absolute atomic E-state index is 12.0. The SMILES string of the molecule is Cc1c(-c2ccc(Cl)cc2)sc(C(=O)[O-])c1NC(=O)OC(C)(C)C. The molecule has 24 heavy (non-hydrogen) atoms. The summed E-state index contributed by atoms with van der Waals surface area (Å²) in [4.78, 5) is 24.1. The summed E-state index contributed by atoms with van der Waals surface area (Å²) in [7, 11) is 0. The number of carboxylic acids is 1. The maximum atomic E-state index is 12.0. The molecule has 0 atom stereocenters. The van der Waals surface area contributed by atoms with Gasteiger partial charge >= 0.3 is 6.09 Å². The number of carboxylic acid groups (broad SMARTS) is 1. The Morgan fingerprint density at radius 1 is 1.21 bits per heavy atom. The van der Waals surface area contributed by atoms with E-state index in [0.29, 0.717) is 10.6 Å². The molecule has 1 aromatic carbocycles. The zero-order valence-electron chi connectivity index (χ0n) is 13.7. The number of rotatable bonds is 3. The molecule has 128 valence electrons. The number of aromatic carboxylic acids is 1. The summed E-state index contributed by atoms with van der Waals surface area (Å²) in [5.74, 6) is -1.35. The van der Waals surface area contributed by atoms with E-state index in [2.05, 4.69) is 5.32 Å². The van der Waals surface area contributed by atoms with Crippen LogP contribution in [0.15, 0.2) is 24.3 Å². The van der Waals surface area contributed by atoms with E-state index < -0.39 is 17.7 Å². The standard InChI is InChI=1S/C17H18ClNO4S/c1-9-12(19-16(22)23-17(2,3)4)14(15(20)21)24-13(9)10-5-7-11(18)8-6-10/h5-8H,1-4H3,(H,19,22)(H,20,21)/p-1. The molecule has 0 aliphatic carbocycles. The van der Waals surface area contributed by atoms with Gasteiger partial charge in [-0.25, -0.2) is 4.79 Å². The lowest BCUT2D eigenvalue weighted by atomic mass is 10.1. The highest BCUT2D eigenvalue weighted by molar-refractivity contribution is 7.18. The van der Waals surface area contributed by atoms with Crippen LogP contribution in [-0.2, 0) is 4.74 Å². The van der Waals surface area contributed by atoms with Gasteiger partial charge in [0.05, 0.1) is 16.5 Å². The van der Waals surface area contributed by atoms with Crippen molar-refractivity contribution >= 4 is 40.7 Å². The second kappa shape index (κ2) is 6.83. The van der Waals surface area contributed by atoms with Gasteiger partial charge in [0.1, 0.15) is 5.60 Å². The molecule has 2 aromatic rings. The molecule has 0 fully saturated rings. The molecule has 1 N–H and O–H groups in total. The van der Waals surface area contributed by atoms with Gasteiger partial charge in [-0.15, -0.1) is 11.3 Å². The molecule has 1 aromatic heterocycles. The minimum Gasteiger partial charge on any atom is -0.544 e. The van der Waals surface area contributed by atoms with E-state index in [1.807, 2.05) is 0 Å². The summed E-state index contributed by atoms with van der Waals surface area (Å²) in [5, 5.41) is 14.5. The molecular formula is C17H17ClNO4S-. The fraction of sp³-hybridized carbons (Fsp3) is 0.294. The van der Waals surface area contributed by atoms with Crippen molar-refractivity contribution in [2.24, 2.45) is 0 Å². The zero-order chi connectivity index (χ0) is 18.1. The minimum atomic E-state index is -1.35. The Morgan fingerprint density at radius 3 is 2.29 bits per heavy atom. The molecule has 0 unspecified atom stereocenters. The van der Waals surface area contributed by atoms with E-state index in [9.17, 15) is 14.7 Å². The van der Waals surface area contributed by atoms with E-state index in [1.54, 1.807) is 52.0 Å². The summed E-state index contributed by atoms with van der Waals surface area (Å²) in [6.45, 7) is 6.92. The Balaban J connectivity index is 2.42. The van der Waals surface area contributed by atoms with Gasteiger partial charge in [0.2, 0.25) is 0 Å². The number of hydrogen-bond acceptors (Lipinski definition) is 5. The van der Waals surface area contributed by atoms with Crippen molar-refractivity contribution in [3.05, 3.63) is 39.7 Å². The van der Waals surface area contributed by atoms with E-state index in [1.165, 1.54) is 0 Å². The van der Waals surface area contributed by atoms with Crippen molar-refractivity contribution in [2.45, 2.75) is 33.3 Å². The quantitative estimate of drug-likeness (QED) is 0.887. The van der Waals surface area contributed by atoms with Crippen molar-refractivity contribution in [3.63, 3.8) is 0 Å². The molecule has 0 radical (unpaired) electrons. The predicted molar refractivity (Wildman–Crippen MR) is 93.7 cm³/mol. The van der Waals surface area contributed by atoms with Gasteiger partial charge in [-0.1, -0.05) is 23.7 Å². The van der Waals surface area contributed by atoms with Gasteiger partial charge in [0.25, 0.3) is 0 Å². The lowest BCUT2D eigenvalue weighted by Crippen LogP contribution is -2.28. The molecule has 0 saturated carbocycles. The van der Waals surface area contributed by atoms with Crippen molar-refractivity contribution in [3.8, 4) is 10.4 Å². The number of halogens is 1. The molecular weight excluding hydrogens is 350 g/mol. The van der Waals surface area contributed by atoms with Crippen LogP contribution in [0, 0.1) is 6.92 Å². The van der Waals surface area contributed by atoms with Crippen molar-refractivity contribution in [2.75, 3.05) is 5.32 Å². The van der Waals surface area contributed by atoms with Crippen LogP contribution in [-0.4, -0.2) is 17.7 Å². The van der Waals surface area contributed by atoms with E-state index >= 15 is 0 Å².